The topological polar surface area (TPSA) is 59.6 Å². The van der Waals surface area contributed by atoms with Gasteiger partial charge in [-0.25, -0.2) is 5.10 Å². The number of aromatic amines is 1. The predicted molar refractivity (Wildman–Crippen MR) is 58.6 cm³/mol. The van der Waals surface area contributed by atoms with Gasteiger partial charge in [0.15, 0.2) is 4.77 Å². The van der Waals surface area contributed by atoms with E-state index in [1.807, 2.05) is 4.57 Å². The first-order chi connectivity index (χ1) is 6.63. The molecule has 0 aromatic carbocycles. The molecule has 1 aromatic rings. The first-order valence-electron chi connectivity index (χ1n) is 5.07. The van der Waals surface area contributed by atoms with E-state index in [0.717, 1.165) is 12.8 Å². The third kappa shape index (κ3) is 1.45. The van der Waals surface area contributed by atoms with Crippen molar-refractivity contribution in [3.8, 4) is 0 Å². The van der Waals surface area contributed by atoms with Crippen LogP contribution in [0.25, 0.3) is 0 Å². The standard InChI is InChI=1S/C9H16N4S/c1-9(5-3-2-4-6-9)13-7(10)11-12-8(13)14/h2-6H2,1H3,(H2,10,11)(H,12,14). The Hall–Kier alpha value is -0.840. The maximum atomic E-state index is 5.81. The summed E-state index contributed by atoms with van der Waals surface area (Å²) in [6.45, 7) is 2.22. The lowest BCUT2D eigenvalue weighted by Crippen LogP contribution is -2.33. The zero-order valence-corrected chi connectivity index (χ0v) is 9.23. The molecule has 5 heteroatoms. The predicted octanol–water partition coefficient (Wildman–Crippen LogP) is 2.20. The highest BCUT2D eigenvalue weighted by Crippen LogP contribution is 2.35. The Morgan fingerprint density at radius 1 is 1.43 bits per heavy atom. The van der Waals surface area contributed by atoms with Crippen LogP contribution in [0.1, 0.15) is 39.0 Å². The van der Waals surface area contributed by atoms with Gasteiger partial charge in [0.1, 0.15) is 0 Å². The van der Waals surface area contributed by atoms with Crippen LogP contribution in [-0.2, 0) is 5.54 Å². The molecule has 2 rings (SSSR count). The number of hydrogen-bond acceptors (Lipinski definition) is 3. The third-order valence-corrected chi connectivity index (χ3v) is 3.44. The summed E-state index contributed by atoms with van der Waals surface area (Å²) in [4.78, 5) is 0. The van der Waals surface area contributed by atoms with Crippen LogP contribution in [0, 0.1) is 4.77 Å². The summed E-state index contributed by atoms with van der Waals surface area (Å²) in [5, 5.41) is 6.71. The zero-order valence-electron chi connectivity index (χ0n) is 8.42. The Bertz CT molecular complexity index is 372. The minimum Gasteiger partial charge on any atom is -0.368 e. The monoisotopic (exact) mass is 212 g/mol. The molecule has 0 radical (unpaired) electrons. The summed E-state index contributed by atoms with van der Waals surface area (Å²) in [5.41, 5.74) is 5.89. The molecule has 0 saturated heterocycles. The van der Waals surface area contributed by atoms with E-state index in [-0.39, 0.29) is 5.54 Å². The van der Waals surface area contributed by atoms with Gasteiger partial charge in [-0.3, -0.25) is 4.57 Å². The van der Waals surface area contributed by atoms with E-state index in [1.165, 1.54) is 19.3 Å². The van der Waals surface area contributed by atoms with Crippen molar-refractivity contribution in [1.29, 1.82) is 0 Å². The van der Waals surface area contributed by atoms with Gasteiger partial charge in [-0.05, 0) is 32.0 Å². The number of nitrogens with zero attached hydrogens (tertiary/aromatic N) is 2. The first-order valence-corrected chi connectivity index (χ1v) is 5.48. The molecular formula is C9H16N4S. The molecule has 3 N–H and O–H groups in total. The normalized spacial score (nSPS) is 20.9. The molecular weight excluding hydrogens is 196 g/mol. The van der Waals surface area contributed by atoms with E-state index >= 15 is 0 Å². The van der Waals surface area contributed by atoms with E-state index in [0.29, 0.717) is 10.7 Å². The largest absolute Gasteiger partial charge is 0.368 e. The minimum atomic E-state index is 0.0758. The molecule has 1 aliphatic carbocycles. The smallest absolute Gasteiger partial charge is 0.220 e. The van der Waals surface area contributed by atoms with Gasteiger partial charge in [-0.15, -0.1) is 5.10 Å². The molecule has 1 fully saturated rings. The number of nitrogen functional groups attached to an aromatic ring is 1. The van der Waals surface area contributed by atoms with Crippen molar-refractivity contribution in [3.05, 3.63) is 4.77 Å². The molecule has 78 valence electrons. The van der Waals surface area contributed by atoms with Crippen LogP contribution in [0.3, 0.4) is 0 Å². The highest BCUT2D eigenvalue weighted by molar-refractivity contribution is 7.71. The van der Waals surface area contributed by atoms with Crippen molar-refractivity contribution in [1.82, 2.24) is 14.8 Å². The van der Waals surface area contributed by atoms with Gasteiger partial charge in [0.25, 0.3) is 0 Å². The fraction of sp³-hybridized carbons (Fsp3) is 0.778. The number of nitrogens with one attached hydrogen (secondary N) is 1. The SMILES string of the molecule is CC1(n2c(N)n[nH]c2=S)CCCCC1. The molecule has 0 aliphatic heterocycles. The van der Waals surface area contributed by atoms with Crippen molar-refractivity contribution >= 4 is 18.2 Å². The fourth-order valence-electron chi connectivity index (χ4n) is 2.37. The van der Waals surface area contributed by atoms with E-state index in [1.54, 1.807) is 0 Å². The number of aromatic nitrogens is 3. The second-order valence-electron chi connectivity index (χ2n) is 4.28. The Morgan fingerprint density at radius 2 is 2.07 bits per heavy atom. The van der Waals surface area contributed by atoms with E-state index in [9.17, 15) is 0 Å². The van der Waals surface area contributed by atoms with Crippen LogP contribution in [0.2, 0.25) is 0 Å². The maximum Gasteiger partial charge on any atom is 0.220 e. The van der Waals surface area contributed by atoms with Crippen molar-refractivity contribution in [2.75, 3.05) is 5.73 Å². The van der Waals surface area contributed by atoms with Gasteiger partial charge in [-0.2, -0.15) is 0 Å². The van der Waals surface area contributed by atoms with Gasteiger partial charge in [0, 0.05) is 5.54 Å². The van der Waals surface area contributed by atoms with Crippen LogP contribution in [0.5, 0.6) is 0 Å². The molecule has 1 aliphatic rings. The molecule has 0 unspecified atom stereocenters. The van der Waals surface area contributed by atoms with Gasteiger partial charge in [0.05, 0.1) is 0 Å². The maximum absolute atomic E-state index is 5.81. The van der Waals surface area contributed by atoms with Crippen molar-refractivity contribution in [3.63, 3.8) is 0 Å². The number of hydrogen-bond donors (Lipinski definition) is 2. The molecule has 0 amide bonds. The van der Waals surface area contributed by atoms with Crippen LogP contribution in [0.15, 0.2) is 0 Å². The number of nitrogens with two attached hydrogens (primary N) is 1. The van der Waals surface area contributed by atoms with Crippen molar-refractivity contribution in [2.24, 2.45) is 0 Å². The quantitative estimate of drug-likeness (QED) is 0.702. The summed E-state index contributed by atoms with van der Waals surface area (Å²) < 4.78 is 2.62. The highest BCUT2D eigenvalue weighted by Gasteiger charge is 2.30. The number of rotatable bonds is 1. The van der Waals surface area contributed by atoms with Crippen LogP contribution in [0.4, 0.5) is 5.95 Å². The second kappa shape index (κ2) is 3.38. The van der Waals surface area contributed by atoms with Crippen molar-refractivity contribution in [2.45, 2.75) is 44.6 Å². The van der Waals surface area contributed by atoms with Crippen LogP contribution >= 0.6 is 12.2 Å². The summed E-state index contributed by atoms with van der Waals surface area (Å²) in [7, 11) is 0. The molecule has 1 aromatic heterocycles. The summed E-state index contributed by atoms with van der Waals surface area (Å²) in [6, 6.07) is 0. The lowest BCUT2D eigenvalue weighted by Gasteiger charge is -2.35. The lowest BCUT2D eigenvalue weighted by atomic mass is 9.83. The zero-order chi connectivity index (χ0) is 10.2. The van der Waals surface area contributed by atoms with Gasteiger partial charge >= 0.3 is 0 Å². The average molecular weight is 212 g/mol. The lowest BCUT2D eigenvalue weighted by molar-refractivity contribution is 0.219. The summed E-state index contributed by atoms with van der Waals surface area (Å²) in [5.74, 6) is 0.513. The van der Waals surface area contributed by atoms with E-state index in [4.69, 9.17) is 18.0 Å². The average Bonchev–Trinajstić information content (AvgIpc) is 2.48. The first kappa shape index (κ1) is 9.71. The van der Waals surface area contributed by atoms with Crippen LogP contribution < -0.4 is 5.73 Å². The van der Waals surface area contributed by atoms with E-state index in [2.05, 4.69) is 17.1 Å². The third-order valence-electron chi connectivity index (χ3n) is 3.17. The van der Waals surface area contributed by atoms with Crippen molar-refractivity contribution < 1.29 is 0 Å². The fourth-order valence-corrected chi connectivity index (χ4v) is 2.73. The Morgan fingerprint density at radius 3 is 2.57 bits per heavy atom. The Balaban J connectivity index is 2.41. The molecule has 4 nitrogen and oxygen atoms in total. The molecule has 0 atom stereocenters. The van der Waals surface area contributed by atoms with E-state index < -0.39 is 0 Å². The minimum absolute atomic E-state index is 0.0758. The Kier molecular flexibility index (Phi) is 2.34. The highest BCUT2D eigenvalue weighted by atomic mass is 32.1. The molecule has 1 saturated carbocycles. The molecule has 0 spiro atoms. The molecule has 14 heavy (non-hydrogen) atoms. The summed E-state index contributed by atoms with van der Waals surface area (Å²) in [6.07, 6.45) is 6.11. The van der Waals surface area contributed by atoms with Gasteiger partial charge < -0.3 is 5.73 Å². The number of H-pyrrole nitrogens is 1. The Labute approximate surface area is 88.5 Å². The molecule has 1 heterocycles. The summed E-state index contributed by atoms with van der Waals surface area (Å²) >= 11 is 5.19. The van der Waals surface area contributed by atoms with Gasteiger partial charge in [0.2, 0.25) is 5.95 Å². The van der Waals surface area contributed by atoms with Gasteiger partial charge in [-0.1, -0.05) is 19.3 Å². The second-order valence-corrected chi connectivity index (χ2v) is 4.67. The molecule has 0 bridgehead atoms. The number of anilines is 1. The van der Waals surface area contributed by atoms with Crippen LogP contribution in [-0.4, -0.2) is 14.8 Å².